The van der Waals surface area contributed by atoms with Gasteiger partial charge in [-0.15, -0.1) is 0 Å². The molecule has 0 bridgehead atoms. The van der Waals surface area contributed by atoms with Crippen LogP contribution in [0.2, 0.25) is 0 Å². The number of hydrogen-bond acceptors (Lipinski definition) is 3. The van der Waals surface area contributed by atoms with Gasteiger partial charge in [0.2, 0.25) is 5.91 Å². The molecule has 1 rings (SSSR count). The van der Waals surface area contributed by atoms with E-state index in [1.807, 2.05) is 0 Å². The Hall–Kier alpha value is -0.610. The van der Waals surface area contributed by atoms with Crippen LogP contribution in [0.4, 0.5) is 0 Å². The molecule has 4 heteroatoms. The van der Waals surface area contributed by atoms with E-state index in [1.54, 1.807) is 0 Å². The van der Waals surface area contributed by atoms with E-state index in [0.717, 1.165) is 19.3 Å². The van der Waals surface area contributed by atoms with Gasteiger partial charge in [-0.05, 0) is 12.8 Å². The minimum Gasteiger partial charge on any atom is -0.393 e. The van der Waals surface area contributed by atoms with Gasteiger partial charge in [-0.2, -0.15) is 0 Å². The third kappa shape index (κ3) is 1.70. The first-order valence-electron chi connectivity index (χ1n) is 3.86. The molecule has 3 atom stereocenters. The van der Waals surface area contributed by atoms with Crippen LogP contribution >= 0.6 is 0 Å². The second kappa shape index (κ2) is 3.19. The van der Waals surface area contributed by atoms with Gasteiger partial charge in [0.1, 0.15) is 0 Å². The van der Waals surface area contributed by atoms with Crippen LogP contribution < -0.4 is 11.5 Å². The summed E-state index contributed by atoms with van der Waals surface area (Å²) >= 11 is 0. The Kier molecular flexibility index (Phi) is 2.46. The maximum Gasteiger partial charge on any atom is 0.234 e. The Labute approximate surface area is 65.6 Å². The standard InChI is InChI=1S/C7H14N2O2/c8-6(7(9)11)4-2-1-3-5(4)10/h4-6,10H,1-3,8H2,(H2,9,11). The van der Waals surface area contributed by atoms with E-state index in [9.17, 15) is 9.90 Å². The smallest absolute Gasteiger partial charge is 0.234 e. The predicted octanol–water partition coefficient (Wildman–Crippen LogP) is -1.04. The van der Waals surface area contributed by atoms with Gasteiger partial charge in [0.25, 0.3) is 0 Å². The van der Waals surface area contributed by atoms with Gasteiger partial charge < -0.3 is 16.6 Å². The summed E-state index contributed by atoms with van der Waals surface area (Å²) in [6, 6.07) is -0.674. The predicted molar refractivity (Wildman–Crippen MR) is 40.5 cm³/mol. The SMILES string of the molecule is NC(=O)C(N)C1CCCC1O. The fraction of sp³-hybridized carbons (Fsp3) is 0.857. The number of aliphatic hydroxyl groups excluding tert-OH is 1. The van der Waals surface area contributed by atoms with E-state index >= 15 is 0 Å². The fourth-order valence-electron chi connectivity index (χ4n) is 1.60. The molecule has 64 valence electrons. The molecule has 11 heavy (non-hydrogen) atoms. The van der Waals surface area contributed by atoms with E-state index in [-0.39, 0.29) is 5.92 Å². The first kappa shape index (κ1) is 8.49. The van der Waals surface area contributed by atoms with Crippen molar-refractivity contribution in [2.45, 2.75) is 31.4 Å². The summed E-state index contributed by atoms with van der Waals surface area (Å²) in [5.74, 6) is -0.636. The van der Waals surface area contributed by atoms with Gasteiger partial charge in [0.05, 0.1) is 12.1 Å². The van der Waals surface area contributed by atoms with E-state index in [2.05, 4.69) is 0 Å². The van der Waals surface area contributed by atoms with Crippen LogP contribution in [0.1, 0.15) is 19.3 Å². The average molecular weight is 158 g/mol. The number of rotatable bonds is 2. The molecule has 0 aromatic carbocycles. The molecule has 0 aromatic rings. The van der Waals surface area contributed by atoms with Crippen LogP contribution in [-0.4, -0.2) is 23.2 Å². The summed E-state index contributed by atoms with van der Waals surface area (Å²) in [6.07, 6.45) is 2.06. The van der Waals surface area contributed by atoms with E-state index in [0.29, 0.717) is 0 Å². The molecule has 1 fully saturated rings. The number of carbonyl (C=O) groups is 1. The minimum atomic E-state index is -0.674. The lowest BCUT2D eigenvalue weighted by atomic mass is 9.96. The normalized spacial score (nSPS) is 33.6. The molecule has 0 saturated heterocycles. The maximum atomic E-state index is 10.6. The molecule has 5 N–H and O–H groups in total. The third-order valence-corrected chi connectivity index (χ3v) is 2.32. The molecule has 0 aromatic heterocycles. The second-order valence-electron chi connectivity index (χ2n) is 3.09. The van der Waals surface area contributed by atoms with Crippen LogP contribution in [0.15, 0.2) is 0 Å². The summed E-state index contributed by atoms with van der Waals surface area (Å²) in [4.78, 5) is 10.6. The van der Waals surface area contributed by atoms with Crippen LogP contribution in [0.25, 0.3) is 0 Å². The highest BCUT2D eigenvalue weighted by Crippen LogP contribution is 2.27. The molecule has 1 saturated carbocycles. The van der Waals surface area contributed by atoms with Gasteiger partial charge in [0.15, 0.2) is 0 Å². The van der Waals surface area contributed by atoms with Gasteiger partial charge in [-0.3, -0.25) is 4.79 Å². The number of hydrogen-bond donors (Lipinski definition) is 3. The Morgan fingerprint density at radius 3 is 2.55 bits per heavy atom. The molecule has 1 aliphatic rings. The van der Waals surface area contributed by atoms with E-state index < -0.39 is 18.1 Å². The van der Waals surface area contributed by atoms with Gasteiger partial charge in [-0.1, -0.05) is 6.42 Å². The van der Waals surface area contributed by atoms with Gasteiger partial charge in [-0.25, -0.2) is 0 Å². The number of amides is 1. The lowest BCUT2D eigenvalue weighted by Gasteiger charge is -2.18. The molecule has 0 heterocycles. The van der Waals surface area contributed by atoms with E-state index in [1.165, 1.54) is 0 Å². The molecular formula is C7H14N2O2. The first-order chi connectivity index (χ1) is 5.13. The summed E-state index contributed by atoms with van der Waals surface area (Å²) in [7, 11) is 0. The fourth-order valence-corrected chi connectivity index (χ4v) is 1.60. The zero-order valence-electron chi connectivity index (χ0n) is 6.36. The third-order valence-electron chi connectivity index (χ3n) is 2.32. The van der Waals surface area contributed by atoms with Crippen molar-refractivity contribution >= 4 is 5.91 Å². The topological polar surface area (TPSA) is 89.3 Å². The molecular weight excluding hydrogens is 144 g/mol. The molecule has 4 nitrogen and oxygen atoms in total. The quantitative estimate of drug-likeness (QED) is 0.479. The van der Waals surface area contributed by atoms with Crippen molar-refractivity contribution in [2.24, 2.45) is 17.4 Å². The zero-order valence-corrected chi connectivity index (χ0v) is 6.36. The molecule has 0 spiro atoms. The molecule has 0 radical (unpaired) electrons. The zero-order chi connectivity index (χ0) is 8.43. The van der Waals surface area contributed by atoms with Gasteiger partial charge in [0, 0.05) is 5.92 Å². The number of nitrogens with two attached hydrogens (primary N) is 2. The molecule has 3 unspecified atom stereocenters. The minimum absolute atomic E-state index is 0.118. The van der Waals surface area contributed by atoms with Crippen molar-refractivity contribution in [3.8, 4) is 0 Å². The first-order valence-corrected chi connectivity index (χ1v) is 3.86. The van der Waals surface area contributed by atoms with Crippen molar-refractivity contribution in [1.29, 1.82) is 0 Å². The highest BCUT2D eigenvalue weighted by Gasteiger charge is 2.32. The second-order valence-corrected chi connectivity index (χ2v) is 3.09. The highest BCUT2D eigenvalue weighted by molar-refractivity contribution is 5.80. The molecule has 1 aliphatic carbocycles. The summed E-state index contributed by atoms with van der Waals surface area (Å²) in [5, 5.41) is 9.32. The van der Waals surface area contributed by atoms with Crippen LogP contribution in [0.3, 0.4) is 0 Å². The maximum absolute atomic E-state index is 10.6. The van der Waals surface area contributed by atoms with Crippen molar-refractivity contribution < 1.29 is 9.90 Å². The van der Waals surface area contributed by atoms with Crippen molar-refractivity contribution in [2.75, 3.05) is 0 Å². The molecule has 0 aliphatic heterocycles. The summed E-state index contributed by atoms with van der Waals surface area (Å²) in [6.45, 7) is 0. The van der Waals surface area contributed by atoms with Gasteiger partial charge >= 0.3 is 0 Å². The number of aliphatic hydroxyl groups is 1. The van der Waals surface area contributed by atoms with Crippen molar-refractivity contribution in [1.82, 2.24) is 0 Å². The Bertz CT molecular complexity index is 161. The number of carbonyl (C=O) groups excluding carboxylic acids is 1. The largest absolute Gasteiger partial charge is 0.393 e. The lowest BCUT2D eigenvalue weighted by molar-refractivity contribution is -0.121. The van der Waals surface area contributed by atoms with Crippen molar-refractivity contribution in [3.63, 3.8) is 0 Å². The van der Waals surface area contributed by atoms with Crippen LogP contribution in [-0.2, 0) is 4.79 Å². The average Bonchev–Trinajstić information content (AvgIpc) is 2.33. The Morgan fingerprint density at radius 2 is 2.18 bits per heavy atom. The number of primary amides is 1. The Balaban J connectivity index is 2.52. The monoisotopic (exact) mass is 158 g/mol. The summed E-state index contributed by atoms with van der Waals surface area (Å²) in [5.41, 5.74) is 10.5. The van der Waals surface area contributed by atoms with Crippen LogP contribution in [0, 0.1) is 5.92 Å². The summed E-state index contributed by atoms with van der Waals surface area (Å²) < 4.78 is 0. The highest BCUT2D eigenvalue weighted by atomic mass is 16.3. The Morgan fingerprint density at radius 1 is 1.55 bits per heavy atom. The van der Waals surface area contributed by atoms with Crippen molar-refractivity contribution in [3.05, 3.63) is 0 Å². The van der Waals surface area contributed by atoms with E-state index in [4.69, 9.17) is 11.5 Å². The van der Waals surface area contributed by atoms with Crippen LogP contribution in [0.5, 0.6) is 0 Å². The lowest BCUT2D eigenvalue weighted by Crippen LogP contribution is -2.45. The molecule has 1 amide bonds.